The number of nitrogens with zero attached hydrogens (tertiary/aromatic N) is 2. The number of hydrogen-bond acceptors (Lipinski definition) is 4. The van der Waals surface area contributed by atoms with Gasteiger partial charge in [-0.2, -0.15) is 0 Å². The second kappa shape index (κ2) is 7.22. The van der Waals surface area contributed by atoms with Crippen molar-refractivity contribution in [3.63, 3.8) is 0 Å². The van der Waals surface area contributed by atoms with Crippen molar-refractivity contribution in [3.05, 3.63) is 58.8 Å². The van der Waals surface area contributed by atoms with E-state index in [0.29, 0.717) is 0 Å². The Morgan fingerprint density at radius 2 is 2.11 bits per heavy atom. The lowest BCUT2D eigenvalue weighted by molar-refractivity contribution is -0.117. The average Bonchev–Trinajstić information content (AvgIpc) is 3.19. The molecule has 3 aliphatic rings. The first-order chi connectivity index (χ1) is 13.7. The molecule has 1 aromatic carbocycles. The molecule has 0 saturated carbocycles. The Hall–Kier alpha value is -2.37. The van der Waals surface area contributed by atoms with Crippen LogP contribution in [0.4, 0.5) is 11.5 Å². The summed E-state index contributed by atoms with van der Waals surface area (Å²) in [5.41, 5.74) is 4.55. The summed E-state index contributed by atoms with van der Waals surface area (Å²) in [5.74, 6) is 1.02. The van der Waals surface area contributed by atoms with E-state index in [1.54, 1.807) is 0 Å². The number of hydrogen-bond donors (Lipinski definition) is 2. The molecule has 4 heterocycles. The van der Waals surface area contributed by atoms with E-state index in [-0.39, 0.29) is 18.0 Å². The zero-order valence-corrected chi connectivity index (χ0v) is 16.4. The molecule has 2 N–H and O–H groups in total. The molecule has 2 atom stereocenters. The summed E-state index contributed by atoms with van der Waals surface area (Å²) in [7, 11) is 0. The summed E-state index contributed by atoms with van der Waals surface area (Å²) in [5, 5.41) is 7.40. The van der Waals surface area contributed by atoms with Gasteiger partial charge in [-0.25, -0.2) is 4.98 Å². The Kier molecular flexibility index (Phi) is 4.57. The standard InChI is InChI=1S/C22H23ClN4O/c23-17-5-3-15(4-6-17)16-7-8-24-18(12-16)10-14-11-19-21(25-13-14)27-9-1-2-20(27)22(28)26-19/h3-6,11-13,18,20,24H,1-2,7-10H2,(H,26,28)/t18?,20-/m1/s1. The molecule has 5 nitrogen and oxygen atoms in total. The second-order valence-corrected chi connectivity index (χ2v) is 8.21. The second-order valence-electron chi connectivity index (χ2n) is 7.77. The van der Waals surface area contributed by atoms with Crippen LogP contribution in [0.2, 0.25) is 5.02 Å². The number of fused-ring (bicyclic) bond motifs is 3. The van der Waals surface area contributed by atoms with Gasteiger partial charge in [0.05, 0.1) is 5.69 Å². The zero-order valence-electron chi connectivity index (χ0n) is 15.6. The van der Waals surface area contributed by atoms with E-state index in [1.165, 1.54) is 11.1 Å². The van der Waals surface area contributed by atoms with Crippen molar-refractivity contribution < 1.29 is 4.79 Å². The molecule has 5 rings (SSSR count). The van der Waals surface area contributed by atoms with Crippen LogP contribution < -0.4 is 15.5 Å². The van der Waals surface area contributed by atoms with Crippen LogP contribution in [0.25, 0.3) is 5.57 Å². The first-order valence-corrected chi connectivity index (χ1v) is 10.3. The third-order valence-corrected chi connectivity index (χ3v) is 6.13. The van der Waals surface area contributed by atoms with Crippen molar-refractivity contribution in [2.75, 3.05) is 23.3 Å². The van der Waals surface area contributed by atoms with E-state index >= 15 is 0 Å². The van der Waals surface area contributed by atoms with Gasteiger partial charge in [-0.1, -0.05) is 29.8 Å². The molecule has 0 spiro atoms. The van der Waals surface area contributed by atoms with Gasteiger partial charge in [0.15, 0.2) is 5.82 Å². The van der Waals surface area contributed by atoms with Crippen molar-refractivity contribution >= 4 is 34.6 Å². The van der Waals surface area contributed by atoms with Gasteiger partial charge in [0.25, 0.3) is 0 Å². The van der Waals surface area contributed by atoms with Crippen LogP contribution in [-0.2, 0) is 11.2 Å². The van der Waals surface area contributed by atoms with Gasteiger partial charge in [-0.3, -0.25) is 4.79 Å². The number of rotatable bonds is 3. The van der Waals surface area contributed by atoms with Crippen molar-refractivity contribution in [2.24, 2.45) is 0 Å². The lowest BCUT2D eigenvalue weighted by atomic mass is 9.94. The quantitative estimate of drug-likeness (QED) is 0.834. The molecule has 28 heavy (non-hydrogen) atoms. The van der Waals surface area contributed by atoms with Crippen LogP contribution >= 0.6 is 11.6 Å². The molecule has 1 aromatic heterocycles. The number of pyridine rings is 1. The molecule has 2 aromatic rings. The third-order valence-electron chi connectivity index (χ3n) is 5.88. The van der Waals surface area contributed by atoms with Crippen LogP contribution in [0.15, 0.2) is 42.6 Å². The monoisotopic (exact) mass is 394 g/mol. The van der Waals surface area contributed by atoms with Gasteiger partial charge < -0.3 is 15.5 Å². The third kappa shape index (κ3) is 3.29. The van der Waals surface area contributed by atoms with Crippen LogP contribution in [0.1, 0.15) is 30.4 Å². The van der Waals surface area contributed by atoms with Gasteiger partial charge in [-0.05, 0) is 67.1 Å². The summed E-state index contributed by atoms with van der Waals surface area (Å²) in [6.45, 7) is 1.86. The molecule has 1 amide bonds. The fourth-order valence-electron chi connectivity index (χ4n) is 4.51. The fourth-order valence-corrected chi connectivity index (χ4v) is 4.64. The molecule has 0 aliphatic carbocycles. The number of aromatic nitrogens is 1. The number of anilines is 2. The highest BCUT2D eigenvalue weighted by Gasteiger charge is 2.37. The number of carbonyl (C=O) groups is 1. The van der Waals surface area contributed by atoms with Crippen LogP contribution in [0.3, 0.4) is 0 Å². The Labute approximate surface area is 169 Å². The van der Waals surface area contributed by atoms with Crippen LogP contribution in [-0.4, -0.2) is 36.1 Å². The predicted molar refractivity (Wildman–Crippen MR) is 113 cm³/mol. The maximum atomic E-state index is 12.4. The smallest absolute Gasteiger partial charge is 0.247 e. The Morgan fingerprint density at radius 3 is 2.96 bits per heavy atom. The van der Waals surface area contributed by atoms with Gasteiger partial charge >= 0.3 is 0 Å². The molecule has 3 aliphatic heterocycles. The van der Waals surface area contributed by atoms with Gasteiger partial charge in [0.1, 0.15) is 6.04 Å². The Balaban J connectivity index is 1.36. The summed E-state index contributed by atoms with van der Waals surface area (Å²) < 4.78 is 0. The van der Waals surface area contributed by atoms with Crippen molar-refractivity contribution in [1.82, 2.24) is 10.3 Å². The fraction of sp³-hybridized carbons (Fsp3) is 0.364. The highest BCUT2D eigenvalue weighted by atomic mass is 35.5. The lowest BCUT2D eigenvalue weighted by Gasteiger charge is -2.32. The number of benzene rings is 1. The first-order valence-electron chi connectivity index (χ1n) is 9.94. The lowest BCUT2D eigenvalue weighted by Crippen LogP contribution is -2.44. The molecule has 0 radical (unpaired) electrons. The molecular weight excluding hydrogens is 372 g/mol. The number of carbonyl (C=O) groups excluding carboxylic acids is 1. The molecule has 1 unspecified atom stereocenters. The van der Waals surface area contributed by atoms with Crippen LogP contribution in [0.5, 0.6) is 0 Å². The molecule has 144 valence electrons. The number of halogens is 1. The minimum absolute atomic E-state index is 0.0456. The van der Waals surface area contributed by atoms with Crippen molar-refractivity contribution in [3.8, 4) is 0 Å². The molecule has 6 heteroatoms. The SMILES string of the molecule is O=C1Nc2cc(CC3C=C(c4ccc(Cl)cc4)CCN3)cnc2N2CCC[C@H]12. The maximum absolute atomic E-state index is 12.4. The molecular formula is C22H23ClN4O. The summed E-state index contributed by atoms with van der Waals surface area (Å²) in [6, 6.07) is 10.3. The van der Waals surface area contributed by atoms with Crippen molar-refractivity contribution in [1.29, 1.82) is 0 Å². The predicted octanol–water partition coefficient (Wildman–Crippen LogP) is 3.64. The molecule has 0 bridgehead atoms. The van der Waals surface area contributed by atoms with E-state index in [2.05, 4.69) is 39.8 Å². The van der Waals surface area contributed by atoms with E-state index in [0.717, 1.165) is 60.9 Å². The highest BCUT2D eigenvalue weighted by Crippen LogP contribution is 2.35. The topological polar surface area (TPSA) is 57.3 Å². The Bertz CT molecular complexity index is 940. The van der Waals surface area contributed by atoms with Crippen molar-refractivity contribution in [2.45, 2.75) is 37.8 Å². The highest BCUT2D eigenvalue weighted by molar-refractivity contribution is 6.30. The van der Waals surface area contributed by atoms with Gasteiger partial charge in [0.2, 0.25) is 5.91 Å². The zero-order chi connectivity index (χ0) is 19.1. The maximum Gasteiger partial charge on any atom is 0.247 e. The summed E-state index contributed by atoms with van der Waals surface area (Å²) >= 11 is 6.02. The number of amides is 1. The molecule has 1 fully saturated rings. The van der Waals surface area contributed by atoms with E-state index in [9.17, 15) is 4.79 Å². The van der Waals surface area contributed by atoms with Crippen LogP contribution in [0, 0.1) is 0 Å². The number of nitrogens with one attached hydrogen (secondary N) is 2. The van der Waals surface area contributed by atoms with E-state index < -0.39 is 0 Å². The minimum Gasteiger partial charge on any atom is -0.343 e. The van der Waals surface area contributed by atoms with Gasteiger partial charge in [-0.15, -0.1) is 0 Å². The van der Waals surface area contributed by atoms with Gasteiger partial charge in [0, 0.05) is 23.8 Å². The largest absolute Gasteiger partial charge is 0.343 e. The first kappa shape index (κ1) is 17.7. The summed E-state index contributed by atoms with van der Waals surface area (Å²) in [4.78, 5) is 19.2. The average molecular weight is 395 g/mol. The van der Waals surface area contributed by atoms with E-state index in [1.807, 2.05) is 18.3 Å². The summed E-state index contributed by atoms with van der Waals surface area (Å²) in [6.07, 6.45) is 8.08. The Morgan fingerprint density at radius 1 is 1.25 bits per heavy atom. The minimum atomic E-state index is -0.0456. The van der Waals surface area contributed by atoms with E-state index in [4.69, 9.17) is 16.6 Å². The molecule has 1 saturated heterocycles. The normalized spacial score (nSPS) is 23.7.